The second-order valence-electron chi connectivity index (χ2n) is 6.95. The zero-order chi connectivity index (χ0) is 18.2. The predicted molar refractivity (Wildman–Crippen MR) is 101 cm³/mol. The van der Waals surface area contributed by atoms with Crippen molar-refractivity contribution in [3.63, 3.8) is 0 Å². The Balaban J connectivity index is 1.77. The van der Waals surface area contributed by atoms with E-state index in [1.54, 1.807) is 0 Å². The zero-order valence-corrected chi connectivity index (χ0v) is 15.5. The molecule has 6 nitrogen and oxygen atoms in total. The molecule has 1 saturated heterocycles. The standard InChI is InChI=1S/C19H30N4O2/c1-14-6-8-17(9-7-14)22-19(25)21-12-16-5-4-10-23(13-16)18(24)15(2)11-20-3/h6-9,15-16,20H,4-5,10-13H2,1-3H3,(H2,21,22,25). The van der Waals surface area contributed by atoms with Crippen molar-refractivity contribution >= 4 is 17.6 Å². The fourth-order valence-electron chi connectivity index (χ4n) is 3.19. The maximum absolute atomic E-state index is 12.4. The van der Waals surface area contributed by atoms with E-state index < -0.39 is 0 Å². The number of amides is 3. The van der Waals surface area contributed by atoms with Crippen molar-refractivity contribution in [1.82, 2.24) is 15.5 Å². The number of likely N-dealkylation sites (tertiary alicyclic amines) is 1. The van der Waals surface area contributed by atoms with Crippen LogP contribution in [0.1, 0.15) is 25.3 Å². The Bertz CT molecular complexity index is 573. The Morgan fingerprint density at radius 2 is 2.00 bits per heavy atom. The second-order valence-corrected chi connectivity index (χ2v) is 6.95. The quantitative estimate of drug-likeness (QED) is 0.739. The van der Waals surface area contributed by atoms with Crippen LogP contribution >= 0.6 is 0 Å². The lowest BCUT2D eigenvalue weighted by atomic mass is 9.96. The summed E-state index contributed by atoms with van der Waals surface area (Å²) in [6.07, 6.45) is 2.03. The Hall–Kier alpha value is -2.08. The summed E-state index contributed by atoms with van der Waals surface area (Å²) >= 11 is 0. The minimum Gasteiger partial charge on any atom is -0.342 e. The first kappa shape index (κ1) is 19.2. The molecule has 1 heterocycles. The first-order valence-electron chi connectivity index (χ1n) is 9.04. The third-order valence-corrected chi connectivity index (χ3v) is 4.62. The molecule has 138 valence electrons. The van der Waals surface area contributed by atoms with Gasteiger partial charge in [0.15, 0.2) is 0 Å². The Morgan fingerprint density at radius 3 is 2.68 bits per heavy atom. The Kier molecular flexibility index (Phi) is 7.25. The molecule has 1 fully saturated rings. The van der Waals surface area contributed by atoms with Gasteiger partial charge in [-0.1, -0.05) is 24.6 Å². The van der Waals surface area contributed by atoms with Crippen molar-refractivity contribution in [2.75, 3.05) is 38.5 Å². The molecule has 25 heavy (non-hydrogen) atoms. The lowest BCUT2D eigenvalue weighted by molar-refractivity contribution is -0.136. The summed E-state index contributed by atoms with van der Waals surface area (Å²) in [5.41, 5.74) is 1.94. The monoisotopic (exact) mass is 346 g/mol. The molecule has 3 amide bonds. The molecule has 1 aromatic carbocycles. The van der Waals surface area contributed by atoms with E-state index in [0.717, 1.165) is 37.2 Å². The SMILES string of the molecule is CNCC(C)C(=O)N1CCCC(CNC(=O)Nc2ccc(C)cc2)C1. The van der Waals surface area contributed by atoms with E-state index in [1.165, 1.54) is 0 Å². The summed E-state index contributed by atoms with van der Waals surface area (Å²) in [5, 5.41) is 8.82. The van der Waals surface area contributed by atoms with Crippen molar-refractivity contribution in [1.29, 1.82) is 0 Å². The number of hydrogen-bond donors (Lipinski definition) is 3. The van der Waals surface area contributed by atoms with E-state index in [4.69, 9.17) is 0 Å². The van der Waals surface area contributed by atoms with Crippen LogP contribution in [0.4, 0.5) is 10.5 Å². The number of aryl methyl sites for hydroxylation is 1. The second kappa shape index (κ2) is 9.42. The molecule has 2 atom stereocenters. The van der Waals surface area contributed by atoms with Gasteiger partial charge in [-0.3, -0.25) is 4.79 Å². The number of carbonyl (C=O) groups excluding carboxylic acids is 2. The topological polar surface area (TPSA) is 73.5 Å². The molecule has 1 aliphatic rings. The molecule has 0 bridgehead atoms. The number of anilines is 1. The molecule has 0 spiro atoms. The van der Waals surface area contributed by atoms with E-state index in [1.807, 2.05) is 50.1 Å². The number of hydrogen-bond acceptors (Lipinski definition) is 3. The van der Waals surface area contributed by atoms with Gasteiger partial charge in [0.25, 0.3) is 0 Å². The summed E-state index contributed by atoms with van der Waals surface area (Å²) in [6, 6.07) is 7.51. The molecule has 2 unspecified atom stereocenters. The minimum absolute atomic E-state index is 0.0125. The first-order valence-corrected chi connectivity index (χ1v) is 9.04. The summed E-state index contributed by atoms with van der Waals surface area (Å²) < 4.78 is 0. The molecule has 1 aliphatic heterocycles. The summed E-state index contributed by atoms with van der Waals surface area (Å²) in [7, 11) is 1.86. The van der Waals surface area contributed by atoms with Gasteiger partial charge in [-0.15, -0.1) is 0 Å². The zero-order valence-electron chi connectivity index (χ0n) is 15.5. The van der Waals surface area contributed by atoms with Crippen LogP contribution in [0.25, 0.3) is 0 Å². The Morgan fingerprint density at radius 1 is 1.28 bits per heavy atom. The highest BCUT2D eigenvalue weighted by Gasteiger charge is 2.26. The third kappa shape index (κ3) is 6.05. The first-order chi connectivity index (χ1) is 12.0. The van der Waals surface area contributed by atoms with Crippen LogP contribution in [-0.4, -0.2) is 50.1 Å². The highest BCUT2D eigenvalue weighted by atomic mass is 16.2. The average Bonchev–Trinajstić information content (AvgIpc) is 2.62. The van der Waals surface area contributed by atoms with E-state index in [2.05, 4.69) is 16.0 Å². The van der Waals surface area contributed by atoms with Gasteiger partial charge in [0, 0.05) is 37.8 Å². The van der Waals surface area contributed by atoms with Crippen LogP contribution < -0.4 is 16.0 Å². The van der Waals surface area contributed by atoms with Gasteiger partial charge in [-0.05, 0) is 44.9 Å². The Labute approximate surface area is 150 Å². The lowest BCUT2D eigenvalue weighted by Crippen LogP contribution is -2.47. The fraction of sp³-hybridized carbons (Fsp3) is 0.579. The van der Waals surface area contributed by atoms with Crippen LogP contribution in [0.2, 0.25) is 0 Å². The number of urea groups is 1. The molecular weight excluding hydrogens is 316 g/mol. The fourth-order valence-corrected chi connectivity index (χ4v) is 3.19. The molecule has 2 rings (SSSR count). The van der Waals surface area contributed by atoms with Gasteiger partial charge in [0.1, 0.15) is 0 Å². The minimum atomic E-state index is -0.198. The smallest absolute Gasteiger partial charge is 0.319 e. The van der Waals surface area contributed by atoms with E-state index >= 15 is 0 Å². The molecule has 0 aromatic heterocycles. The van der Waals surface area contributed by atoms with Crippen molar-refractivity contribution < 1.29 is 9.59 Å². The van der Waals surface area contributed by atoms with Crippen molar-refractivity contribution in [2.24, 2.45) is 11.8 Å². The van der Waals surface area contributed by atoms with Gasteiger partial charge in [-0.25, -0.2) is 4.79 Å². The molecular formula is C19H30N4O2. The average molecular weight is 346 g/mol. The molecule has 3 N–H and O–H groups in total. The predicted octanol–water partition coefficient (Wildman–Crippen LogP) is 2.21. The van der Waals surface area contributed by atoms with Crippen molar-refractivity contribution in [3.05, 3.63) is 29.8 Å². The highest BCUT2D eigenvalue weighted by Crippen LogP contribution is 2.18. The molecule has 0 saturated carbocycles. The van der Waals surface area contributed by atoms with Gasteiger partial charge in [0.05, 0.1) is 0 Å². The maximum atomic E-state index is 12.4. The number of nitrogens with zero attached hydrogens (tertiary/aromatic N) is 1. The van der Waals surface area contributed by atoms with E-state index in [0.29, 0.717) is 19.0 Å². The number of nitrogens with one attached hydrogen (secondary N) is 3. The van der Waals surface area contributed by atoms with Gasteiger partial charge in [0.2, 0.25) is 5.91 Å². The van der Waals surface area contributed by atoms with Crippen LogP contribution in [0.15, 0.2) is 24.3 Å². The maximum Gasteiger partial charge on any atom is 0.319 e. The summed E-state index contributed by atoms with van der Waals surface area (Å²) in [6.45, 7) is 6.78. The highest BCUT2D eigenvalue weighted by molar-refractivity contribution is 5.89. The molecule has 0 radical (unpaired) electrons. The van der Waals surface area contributed by atoms with Crippen LogP contribution in [0.3, 0.4) is 0 Å². The third-order valence-electron chi connectivity index (χ3n) is 4.62. The van der Waals surface area contributed by atoms with E-state index in [9.17, 15) is 9.59 Å². The summed E-state index contributed by atoms with van der Waals surface area (Å²) in [5.74, 6) is 0.493. The van der Waals surface area contributed by atoms with Gasteiger partial charge < -0.3 is 20.9 Å². The number of carbonyl (C=O) groups is 2. The van der Waals surface area contributed by atoms with Gasteiger partial charge >= 0.3 is 6.03 Å². The van der Waals surface area contributed by atoms with Crippen LogP contribution in [0, 0.1) is 18.8 Å². The van der Waals surface area contributed by atoms with Crippen LogP contribution in [0.5, 0.6) is 0 Å². The molecule has 1 aromatic rings. The molecule has 6 heteroatoms. The number of rotatable bonds is 6. The van der Waals surface area contributed by atoms with Crippen LogP contribution in [-0.2, 0) is 4.79 Å². The number of benzene rings is 1. The van der Waals surface area contributed by atoms with Crippen molar-refractivity contribution in [3.8, 4) is 0 Å². The summed E-state index contributed by atoms with van der Waals surface area (Å²) in [4.78, 5) is 26.4. The molecule has 0 aliphatic carbocycles. The number of piperidine rings is 1. The van der Waals surface area contributed by atoms with E-state index in [-0.39, 0.29) is 17.9 Å². The largest absolute Gasteiger partial charge is 0.342 e. The normalized spacial score (nSPS) is 18.5. The van der Waals surface area contributed by atoms with Gasteiger partial charge in [-0.2, -0.15) is 0 Å². The van der Waals surface area contributed by atoms with Crippen molar-refractivity contribution in [2.45, 2.75) is 26.7 Å². The lowest BCUT2D eigenvalue weighted by Gasteiger charge is -2.34.